The molecule has 0 aromatic rings. The number of rotatable bonds is 2. The van der Waals surface area contributed by atoms with Crippen molar-refractivity contribution in [1.82, 2.24) is 0 Å². The van der Waals surface area contributed by atoms with E-state index in [2.05, 4.69) is 25.3 Å². The van der Waals surface area contributed by atoms with Crippen molar-refractivity contribution in [2.75, 3.05) is 5.75 Å². The zero-order chi connectivity index (χ0) is 9.44. The summed E-state index contributed by atoms with van der Waals surface area (Å²) in [4.78, 5) is 9.76. The molecule has 2 atom stereocenters. The van der Waals surface area contributed by atoms with Crippen LogP contribution in [0.15, 0.2) is 0 Å². The third-order valence-corrected chi connectivity index (χ3v) is 0.907. The van der Waals surface area contributed by atoms with Gasteiger partial charge in [0.2, 0.25) is 0 Å². The van der Waals surface area contributed by atoms with Gasteiger partial charge in [-0.05, 0) is 6.92 Å². The van der Waals surface area contributed by atoms with E-state index >= 15 is 0 Å². The number of carboxylic acids is 1. The van der Waals surface area contributed by atoms with Crippen LogP contribution < -0.4 is 11.5 Å². The van der Waals surface area contributed by atoms with Crippen LogP contribution in [-0.4, -0.2) is 28.2 Å². The monoisotopic (exact) mass is 198 g/mol. The normalized spacial score (nSPS) is 14.3. The van der Waals surface area contributed by atoms with Crippen molar-refractivity contribution in [2.45, 2.75) is 18.3 Å². The minimum atomic E-state index is -1.00. The van der Waals surface area contributed by atoms with E-state index in [0.717, 1.165) is 0 Å². The Morgan fingerprint density at radius 1 is 1.64 bits per heavy atom. The summed E-state index contributed by atoms with van der Waals surface area (Å²) in [5, 5.41) is 8.04. The summed E-state index contributed by atoms with van der Waals surface area (Å²) < 4.78 is 0. The quantitative estimate of drug-likeness (QED) is 0.307. The Hall–Kier alpha value is 0.0900. The second-order valence-electron chi connectivity index (χ2n) is 1.87. The van der Waals surface area contributed by atoms with E-state index in [4.69, 9.17) is 16.6 Å². The molecule has 0 aliphatic rings. The van der Waals surface area contributed by atoms with Gasteiger partial charge in [0, 0.05) is 11.1 Å². The third kappa shape index (κ3) is 17.8. The fourth-order valence-electron chi connectivity index (χ4n) is 0.0781. The summed E-state index contributed by atoms with van der Waals surface area (Å²) in [5.74, 6) is -0.815. The van der Waals surface area contributed by atoms with Gasteiger partial charge in [0.1, 0.15) is 6.04 Å². The SMILES string of the molecule is CC(N)S.NC(CS)C(=O)O. The molecule has 0 heterocycles. The summed E-state index contributed by atoms with van der Waals surface area (Å²) in [6.45, 7) is 1.81. The summed E-state index contributed by atoms with van der Waals surface area (Å²) >= 11 is 7.39. The molecule has 5 N–H and O–H groups in total. The predicted octanol–water partition coefficient (Wildman–Crippen LogP) is -0.451. The average molecular weight is 198 g/mol. The van der Waals surface area contributed by atoms with Gasteiger partial charge in [0.25, 0.3) is 0 Å². The molecule has 0 aromatic carbocycles. The van der Waals surface area contributed by atoms with Gasteiger partial charge in [0.05, 0.1) is 0 Å². The molecular weight excluding hydrogens is 184 g/mol. The molecule has 0 radical (unpaired) electrons. The number of nitrogens with two attached hydrogens (primary N) is 2. The van der Waals surface area contributed by atoms with Crippen LogP contribution in [0.3, 0.4) is 0 Å². The van der Waals surface area contributed by atoms with Gasteiger partial charge in [-0.15, -0.1) is 0 Å². The molecule has 0 amide bonds. The van der Waals surface area contributed by atoms with Gasteiger partial charge >= 0.3 is 5.97 Å². The number of hydrogen-bond donors (Lipinski definition) is 5. The molecule has 0 bridgehead atoms. The van der Waals surface area contributed by atoms with Crippen molar-refractivity contribution in [2.24, 2.45) is 11.5 Å². The van der Waals surface area contributed by atoms with Crippen molar-refractivity contribution >= 4 is 31.2 Å². The second-order valence-corrected chi connectivity index (χ2v) is 3.05. The second kappa shape index (κ2) is 8.19. The summed E-state index contributed by atoms with van der Waals surface area (Å²) in [6.07, 6.45) is 0. The van der Waals surface area contributed by atoms with Crippen molar-refractivity contribution in [3.8, 4) is 0 Å². The Labute approximate surface area is 77.2 Å². The molecule has 6 heteroatoms. The first-order valence-corrected chi connectivity index (χ1v) is 4.09. The minimum Gasteiger partial charge on any atom is -0.480 e. The van der Waals surface area contributed by atoms with Crippen LogP contribution in [0.4, 0.5) is 0 Å². The fraction of sp³-hybridized carbons (Fsp3) is 0.800. The lowest BCUT2D eigenvalue weighted by atomic mass is 10.4. The van der Waals surface area contributed by atoms with Crippen LogP contribution in [0.25, 0.3) is 0 Å². The highest BCUT2D eigenvalue weighted by Gasteiger charge is 2.06. The Balaban J connectivity index is 0. The highest BCUT2D eigenvalue weighted by molar-refractivity contribution is 7.80. The highest BCUT2D eigenvalue weighted by Crippen LogP contribution is 1.80. The van der Waals surface area contributed by atoms with E-state index in [-0.39, 0.29) is 11.1 Å². The van der Waals surface area contributed by atoms with E-state index in [1.54, 1.807) is 0 Å². The van der Waals surface area contributed by atoms with Gasteiger partial charge in [-0.1, -0.05) is 0 Å². The molecule has 4 nitrogen and oxygen atoms in total. The lowest BCUT2D eigenvalue weighted by Crippen LogP contribution is -2.31. The molecule has 0 spiro atoms. The lowest BCUT2D eigenvalue weighted by Gasteiger charge is -1.96. The Bertz CT molecular complexity index is 108. The Kier molecular flexibility index (Phi) is 10.2. The van der Waals surface area contributed by atoms with Crippen molar-refractivity contribution in [3.05, 3.63) is 0 Å². The maximum absolute atomic E-state index is 9.76. The third-order valence-electron chi connectivity index (χ3n) is 0.514. The van der Waals surface area contributed by atoms with E-state index < -0.39 is 12.0 Å². The summed E-state index contributed by atoms with van der Waals surface area (Å²) in [7, 11) is 0. The lowest BCUT2D eigenvalue weighted by molar-refractivity contribution is -0.137. The van der Waals surface area contributed by atoms with Gasteiger partial charge < -0.3 is 16.6 Å². The number of carboxylic acid groups (broad SMARTS) is 1. The van der Waals surface area contributed by atoms with Gasteiger partial charge in [-0.3, -0.25) is 4.79 Å². The van der Waals surface area contributed by atoms with E-state index in [1.807, 2.05) is 6.92 Å². The number of carbonyl (C=O) groups is 1. The van der Waals surface area contributed by atoms with Crippen LogP contribution in [0, 0.1) is 0 Å². The molecular formula is C5H14N2O2S2. The first-order valence-electron chi connectivity index (χ1n) is 2.94. The number of aliphatic carboxylic acids is 1. The van der Waals surface area contributed by atoms with Gasteiger partial charge in [-0.2, -0.15) is 25.3 Å². The largest absolute Gasteiger partial charge is 0.480 e. The van der Waals surface area contributed by atoms with Gasteiger partial charge in [0.15, 0.2) is 0 Å². The molecule has 0 saturated heterocycles. The number of thiol groups is 2. The number of hydrogen-bond acceptors (Lipinski definition) is 5. The van der Waals surface area contributed by atoms with E-state index in [1.165, 1.54) is 0 Å². The maximum atomic E-state index is 9.76. The Morgan fingerprint density at radius 2 is 1.91 bits per heavy atom. The van der Waals surface area contributed by atoms with Crippen LogP contribution in [0.5, 0.6) is 0 Å². The molecule has 0 saturated carbocycles. The van der Waals surface area contributed by atoms with Gasteiger partial charge in [-0.25, -0.2) is 0 Å². The zero-order valence-electron chi connectivity index (χ0n) is 6.27. The van der Waals surface area contributed by atoms with Crippen molar-refractivity contribution in [3.63, 3.8) is 0 Å². The molecule has 0 aromatic heterocycles. The van der Waals surface area contributed by atoms with Crippen LogP contribution in [0.2, 0.25) is 0 Å². The average Bonchev–Trinajstić information content (AvgIpc) is 1.85. The van der Waals surface area contributed by atoms with Crippen molar-refractivity contribution < 1.29 is 9.90 Å². The first-order chi connectivity index (χ1) is 4.91. The standard InChI is InChI=1S/C3H7NO2S.C2H7NS/c4-2(1-7)3(5)6;1-2(3)4/h2,7H,1,4H2,(H,5,6);2,4H,3H2,1H3. The summed E-state index contributed by atoms with van der Waals surface area (Å²) in [5.41, 5.74) is 9.92. The van der Waals surface area contributed by atoms with Crippen LogP contribution in [0.1, 0.15) is 6.92 Å². The first kappa shape index (κ1) is 13.7. The topological polar surface area (TPSA) is 89.3 Å². The van der Waals surface area contributed by atoms with Crippen molar-refractivity contribution in [1.29, 1.82) is 0 Å². The van der Waals surface area contributed by atoms with Crippen LogP contribution in [-0.2, 0) is 4.79 Å². The molecule has 2 unspecified atom stereocenters. The summed E-state index contributed by atoms with van der Waals surface area (Å²) in [6, 6.07) is -0.816. The molecule has 0 aliphatic carbocycles. The molecule has 0 rings (SSSR count). The van der Waals surface area contributed by atoms with Crippen LogP contribution >= 0.6 is 25.3 Å². The smallest absolute Gasteiger partial charge is 0.321 e. The van der Waals surface area contributed by atoms with E-state index in [9.17, 15) is 4.79 Å². The molecule has 0 fully saturated rings. The molecule has 11 heavy (non-hydrogen) atoms. The molecule has 68 valence electrons. The zero-order valence-corrected chi connectivity index (χ0v) is 8.06. The highest BCUT2D eigenvalue weighted by atomic mass is 32.1. The fourth-order valence-corrected chi connectivity index (χ4v) is 0.234. The minimum absolute atomic E-state index is 0.0278. The predicted molar refractivity (Wildman–Crippen MR) is 52.1 cm³/mol. The molecule has 0 aliphatic heterocycles. The maximum Gasteiger partial charge on any atom is 0.321 e. The Morgan fingerprint density at radius 3 is 1.91 bits per heavy atom. The van der Waals surface area contributed by atoms with E-state index in [0.29, 0.717) is 0 Å².